The molecule has 0 bridgehead atoms. The lowest BCUT2D eigenvalue weighted by molar-refractivity contribution is -0.144. The van der Waals surface area contributed by atoms with Gasteiger partial charge in [0.15, 0.2) is 0 Å². The maximum atomic E-state index is 10.5. The molecule has 10 heavy (non-hydrogen) atoms. The van der Waals surface area contributed by atoms with Crippen molar-refractivity contribution < 1.29 is 9.63 Å². The highest BCUT2D eigenvalue weighted by Crippen LogP contribution is 1.88. The topological polar surface area (TPSA) is 101 Å². The van der Waals surface area contributed by atoms with Crippen LogP contribution in [0.4, 0.5) is 0 Å². The lowest BCUT2D eigenvalue weighted by atomic mass is 10.4. The molecule has 56 valence electrons. The fraction of sp³-hybridized carbons (Fsp3) is 0.667. The molecule has 0 aliphatic heterocycles. The van der Waals surface area contributed by atoms with E-state index < -0.39 is 12.0 Å². The van der Waals surface area contributed by atoms with Crippen LogP contribution < -0.4 is 5.73 Å². The molecule has 0 aromatic heterocycles. The molecule has 0 fully saturated rings. The zero-order chi connectivity index (χ0) is 7.98. The van der Waals surface area contributed by atoms with Crippen molar-refractivity contribution in [3.05, 3.63) is 10.4 Å². The maximum absolute atomic E-state index is 10.5. The van der Waals surface area contributed by atoms with Crippen LogP contribution in [0.3, 0.4) is 0 Å². The van der Waals surface area contributed by atoms with Crippen LogP contribution in [0.1, 0.15) is 0 Å². The summed E-state index contributed by atoms with van der Waals surface area (Å²) < 4.78 is 0. The van der Waals surface area contributed by atoms with Gasteiger partial charge >= 0.3 is 5.97 Å². The Labute approximate surface area is 62.3 Å². The van der Waals surface area contributed by atoms with Crippen LogP contribution in [-0.2, 0) is 9.63 Å². The van der Waals surface area contributed by atoms with Gasteiger partial charge in [-0.25, -0.2) is 4.79 Å². The standard InChI is InChI=1S/C3H6N4O2S/c4-2(1-10)3(8)9-7-6-5/h2,10H,1,4H2/t2-/m0/s1. The van der Waals surface area contributed by atoms with Gasteiger partial charge in [0.05, 0.1) is 0 Å². The van der Waals surface area contributed by atoms with E-state index in [-0.39, 0.29) is 5.75 Å². The maximum Gasteiger partial charge on any atom is 0.335 e. The molecule has 0 saturated heterocycles. The molecule has 0 amide bonds. The quantitative estimate of drug-likeness (QED) is 0.201. The molecule has 0 aromatic carbocycles. The van der Waals surface area contributed by atoms with Crippen LogP contribution in [0.15, 0.2) is 5.28 Å². The van der Waals surface area contributed by atoms with Crippen molar-refractivity contribution in [1.29, 1.82) is 0 Å². The summed E-state index contributed by atoms with van der Waals surface area (Å²) in [4.78, 5) is 16.6. The Balaban J connectivity index is 3.72. The molecular formula is C3H6N4O2S. The van der Waals surface area contributed by atoms with Crippen LogP contribution in [0, 0.1) is 0 Å². The molecule has 0 heterocycles. The summed E-state index contributed by atoms with van der Waals surface area (Å²) in [5.74, 6) is -0.632. The lowest BCUT2D eigenvalue weighted by Gasteiger charge is -2.01. The van der Waals surface area contributed by atoms with Crippen LogP contribution >= 0.6 is 12.6 Å². The highest BCUT2D eigenvalue weighted by Gasteiger charge is 2.11. The average Bonchev–Trinajstić information content (AvgIpc) is 1.98. The molecule has 0 aliphatic carbocycles. The molecule has 0 saturated carbocycles. The van der Waals surface area contributed by atoms with Gasteiger partial charge in [-0.2, -0.15) is 12.6 Å². The molecule has 0 rings (SSSR count). The van der Waals surface area contributed by atoms with Gasteiger partial charge in [-0.15, -0.1) is 0 Å². The third kappa shape index (κ3) is 3.18. The first-order valence-corrected chi connectivity index (χ1v) is 2.97. The second-order valence-corrected chi connectivity index (χ2v) is 1.74. The first-order valence-electron chi connectivity index (χ1n) is 2.34. The van der Waals surface area contributed by atoms with Crippen molar-refractivity contribution in [3.8, 4) is 0 Å². The van der Waals surface area contributed by atoms with E-state index in [1.165, 1.54) is 0 Å². The number of rotatable bonds is 3. The lowest BCUT2D eigenvalue weighted by Crippen LogP contribution is -2.32. The van der Waals surface area contributed by atoms with Crippen molar-refractivity contribution in [2.45, 2.75) is 6.04 Å². The zero-order valence-corrected chi connectivity index (χ0v) is 5.86. The summed E-state index contributed by atoms with van der Waals surface area (Å²) >= 11 is 3.72. The number of carbonyl (C=O) groups is 1. The van der Waals surface area contributed by atoms with E-state index in [9.17, 15) is 4.79 Å². The van der Waals surface area contributed by atoms with E-state index in [1.54, 1.807) is 0 Å². The Morgan fingerprint density at radius 1 is 2.00 bits per heavy atom. The van der Waals surface area contributed by atoms with Gasteiger partial charge < -0.3 is 10.6 Å². The Hall–Kier alpha value is -0.910. The highest BCUT2D eigenvalue weighted by atomic mass is 32.1. The predicted molar refractivity (Wildman–Crippen MR) is 37.1 cm³/mol. The first kappa shape index (κ1) is 9.09. The van der Waals surface area contributed by atoms with Crippen molar-refractivity contribution in [2.75, 3.05) is 5.75 Å². The molecule has 0 unspecified atom stereocenters. The largest absolute Gasteiger partial charge is 0.357 e. The van der Waals surface area contributed by atoms with Crippen molar-refractivity contribution in [2.24, 2.45) is 11.0 Å². The summed E-state index contributed by atoms with van der Waals surface area (Å²) in [7, 11) is 0. The summed E-state index contributed by atoms with van der Waals surface area (Å²) in [6.07, 6.45) is 0. The second-order valence-electron chi connectivity index (χ2n) is 1.37. The number of hydrogen-bond acceptors (Lipinski definition) is 5. The van der Waals surface area contributed by atoms with Gasteiger partial charge in [0, 0.05) is 10.7 Å². The van der Waals surface area contributed by atoms with Crippen molar-refractivity contribution in [1.82, 2.24) is 0 Å². The van der Waals surface area contributed by atoms with Gasteiger partial charge in [-0.3, -0.25) is 0 Å². The third-order valence-electron chi connectivity index (χ3n) is 0.667. The van der Waals surface area contributed by atoms with Gasteiger partial charge in [0.1, 0.15) is 11.3 Å². The SMILES string of the molecule is [N-]=[N+]=NOC(=O)[C@@H](N)CS. The van der Waals surface area contributed by atoms with Crippen LogP contribution in [-0.4, -0.2) is 17.8 Å². The van der Waals surface area contributed by atoms with E-state index in [1.807, 2.05) is 0 Å². The Morgan fingerprint density at radius 3 is 3.00 bits per heavy atom. The van der Waals surface area contributed by atoms with Gasteiger partial charge in [0.25, 0.3) is 0 Å². The summed E-state index contributed by atoms with van der Waals surface area (Å²) in [6.45, 7) is 0. The number of nitrogens with two attached hydrogens (primary N) is 1. The van der Waals surface area contributed by atoms with Gasteiger partial charge in [-0.05, 0) is 5.53 Å². The van der Waals surface area contributed by atoms with E-state index in [2.05, 4.69) is 27.7 Å². The van der Waals surface area contributed by atoms with E-state index in [0.29, 0.717) is 0 Å². The van der Waals surface area contributed by atoms with E-state index in [4.69, 9.17) is 11.3 Å². The fourth-order valence-corrected chi connectivity index (χ4v) is 0.350. The monoisotopic (exact) mass is 162 g/mol. The van der Waals surface area contributed by atoms with Gasteiger partial charge in [0.2, 0.25) is 0 Å². The smallest absolute Gasteiger partial charge is 0.335 e. The first-order chi connectivity index (χ1) is 4.72. The predicted octanol–water partition coefficient (Wildman–Crippen LogP) is 0.0120. The number of thiol groups is 1. The summed E-state index contributed by atoms with van der Waals surface area (Å²) in [5, 5.41) is 2.56. The van der Waals surface area contributed by atoms with E-state index in [0.717, 1.165) is 0 Å². The number of carbonyl (C=O) groups excluding carboxylic acids is 1. The molecule has 0 spiro atoms. The normalized spacial score (nSPS) is 11.4. The zero-order valence-electron chi connectivity index (χ0n) is 4.97. The fourth-order valence-electron chi connectivity index (χ4n) is 0.201. The molecule has 0 aliphatic rings. The molecule has 6 nitrogen and oxygen atoms in total. The molecule has 0 radical (unpaired) electrons. The van der Waals surface area contributed by atoms with Crippen LogP contribution in [0.5, 0.6) is 0 Å². The third-order valence-corrected chi connectivity index (χ3v) is 1.06. The van der Waals surface area contributed by atoms with Crippen LogP contribution in [0.25, 0.3) is 10.4 Å². The van der Waals surface area contributed by atoms with Crippen LogP contribution in [0.2, 0.25) is 0 Å². The minimum Gasteiger partial charge on any atom is -0.357 e. The molecular weight excluding hydrogens is 156 g/mol. The average molecular weight is 162 g/mol. The molecule has 0 aromatic rings. The van der Waals surface area contributed by atoms with Crippen molar-refractivity contribution >= 4 is 18.6 Å². The summed E-state index contributed by atoms with van der Waals surface area (Å²) in [5.41, 5.74) is 12.8. The summed E-state index contributed by atoms with van der Waals surface area (Å²) in [6, 6.07) is -0.839. The molecule has 7 heteroatoms. The number of nitrogens with zero attached hydrogens (tertiary/aromatic N) is 3. The molecule has 2 N–H and O–H groups in total. The second kappa shape index (κ2) is 4.92. The minimum atomic E-state index is -0.839. The van der Waals surface area contributed by atoms with Gasteiger partial charge in [-0.1, -0.05) is 0 Å². The number of hydrogen-bond donors (Lipinski definition) is 2. The highest BCUT2D eigenvalue weighted by molar-refractivity contribution is 7.80. The number of azide groups is 1. The Morgan fingerprint density at radius 2 is 2.60 bits per heavy atom. The van der Waals surface area contributed by atoms with E-state index >= 15 is 0 Å². The van der Waals surface area contributed by atoms with Crippen molar-refractivity contribution in [3.63, 3.8) is 0 Å². The minimum absolute atomic E-state index is 0.153. The Bertz CT molecular complexity index is 166. The Kier molecular flexibility index (Phi) is 4.47. The molecule has 1 atom stereocenters.